The second-order valence-electron chi connectivity index (χ2n) is 2.95. The van der Waals surface area contributed by atoms with Crippen molar-refractivity contribution in [3.05, 3.63) is 12.7 Å². The molecule has 2 unspecified atom stereocenters. The average molecular weight is 306 g/mol. The van der Waals surface area contributed by atoms with Crippen molar-refractivity contribution in [3.8, 4) is 0 Å². The predicted octanol–water partition coefficient (Wildman–Crippen LogP) is 1.89. The molecule has 2 atom stereocenters. The highest BCUT2D eigenvalue weighted by molar-refractivity contribution is 6.55. The van der Waals surface area contributed by atoms with E-state index in [9.17, 15) is 4.79 Å². The zero-order chi connectivity index (χ0) is 12.3. The van der Waals surface area contributed by atoms with Gasteiger partial charge in [0.1, 0.15) is 18.2 Å². The van der Waals surface area contributed by atoms with E-state index in [2.05, 4.69) is 15.4 Å². The number of hydrogen-bond acceptors (Lipinski definition) is 3. The van der Waals surface area contributed by atoms with Crippen LogP contribution in [0.2, 0.25) is 0 Å². The van der Waals surface area contributed by atoms with Crippen LogP contribution in [0.1, 0.15) is 12.4 Å². The monoisotopic (exact) mass is 304 g/mol. The number of rotatable bonds is 4. The topological polar surface area (TPSA) is 59.8 Å². The molecule has 90 valence electrons. The summed E-state index contributed by atoms with van der Waals surface area (Å²) in [6, 6.07) is 0. The minimum Gasteiger partial charge on any atom is -0.337 e. The minimum atomic E-state index is -1.62. The summed E-state index contributed by atoms with van der Waals surface area (Å²) in [6.07, 6.45) is 2.62. The van der Waals surface area contributed by atoms with Crippen molar-refractivity contribution in [2.75, 3.05) is 0 Å². The molecule has 0 bridgehead atoms. The molecule has 5 nitrogen and oxygen atoms in total. The van der Waals surface area contributed by atoms with Crippen LogP contribution in [-0.2, 0) is 4.79 Å². The molecule has 0 aliphatic carbocycles. The van der Waals surface area contributed by atoms with Gasteiger partial charge in [0.05, 0.1) is 0 Å². The Kier molecular flexibility index (Phi) is 4.67. The Balaban J connectivity index is 2.80. The molecule has 0 aliphatic heterocycles. The first-order valence-corrected chi connectivity index (χ1v) is 5.75. The average Bonchev–Trinajstić information content (AvgIpc) is 2.67. The molecule has 0 saturated carbocycles. The van der Waals surface area contributed by atoms with Gasteiger partial charge in [-0.1, -0.05) is 46.4 Å². The molecule has 9 heteroatoms. The summed E-state index contributed by atoms with van der Waals surface area (Å²) in [5.41, 5.74) is -2.02. The number of nitrogens with zero attached hydrogens (tertiary/aromatic N) is 3. The number of alkyl halides is 4. The van der Waals surface area contributed by atoms with Crippen LogP contribution in [0.15, 0.2) is 12.7 Å². The maximum Gasteiger partial charge on any atom is 0.218 e. The van der Waals surface area contributed by atoms with E-state index in [0.29, 0.717) is 0 Å². The van der Waals surface area contributed by atoms with Crippen molar-refractivity contribution in [2.24, 2.45) is 0 Å². The molecule has 1 heterocycles. The molecular weight excluding hydrogens is 298 g/mol. The van der Waals surface area contributed by atoms with E-state index in [-0.39, 0.29) is 5.91 Å². The maximum absolute atomic E-state index is 10.8. The Morgan fingerprint density at radius 2 is 2.12 bits per heavy atom. The molecule has 1 aromatic heterocycles. The molecule has 0 saturated heterocycles. The van der Waals surface area contributed by atoms with E-state index in [1.165, 1.54) is 24.3 Å². The highest BCUT2D eigenvalue weighted by Crippen LogP contribution is 2.41. The summed E-state index contributed by atoms with van der Waals surface area (Å²) in [6.45, 7) is 1.29. The molecule has 0 aromatic carbocycles. The van der Waals surface area contributed by atoms with Crippen molar-refractivity contribution in [2.45, 2.75) is 22.3 Å². The van der Waals surface area contributed by atoms with Gasteiger partial charge < -0.3 is 5.32 Å². The van der Waals surface area contributed by atoms with Gasteiger partial charge in [-0.25, -0.2) is 9.67 Å². The molecular formula is C7H8Cl4N4O. The van der Waals surface area contributed by atoms with E-state index in [1.54, 1.807) is 0 Å². The first kappa shape index (κ1) is 13.8. The van der Waals surface area contributed by atoms with Crippen LogP contribution in [0.4, 0.5) is 0 Å². The Morgan fingerprint density at radius 3 is 2.56 bits per heavy atom. The fraction of sp³-hybridized carbons (Fsp3) is 0.571. The van der Waals surface area contributed by atoms with Gasteiger partial charge in [-0.3, -0.25) is 4.79 Å². The zero-order valence-corrected chi connectivity index (χ0v) is 11.1. The van der Waals surface area contributed by atoms with E-state index in [4.69, 9.17) is 46.4 Å². The van der Waals surface area contributed by atoms with E-state index in [1.807, 2.05) is 0 Å². The van der Waals surface area contributed by atoms with Crippen LogP contribution in [0, 0.1) is 0 Å². The highest BCUT2D eigenvalue weighted by atomic mass is 35.5. The van der Waals surface area contributed by atoms with Gasteiger partial charge in [0, 0.05) is 6.92 Å². The van der Waals surface area contributed by atoms with Crippen molar-refractivity contribution in [1.29, 1.82) is 0 Å². The van der Waals surface area contributed by atoms with Crippen LogP contribution in [-0.4, -0.2) is 30.5 Å². The minimum absolute atomic E-state index is 0.367. The molecule has 0 aliphatic rings. The van der Waals surface area contributed by atoms with Crippen molar-refractivity contribution in [1.82, 2.24) is 20.1 Å². The summed E-state index contributed by atoms with van der Waals surface area (Å²) in [5, 5.41) is 6.12. The van der Waals surface area contributed by atoms with Crippen molar-refractivity contribution >= 4 is 52.3 Å². The number of carbonyl (C=O) groups excluding carboxylic acids is 1. The Bertz CT molecular complexity index is 355. The summed E-state index contributed by atoms with van der Waals surface area (Å²) < 4.78 is -0.388. The third-order valence-electron chi connectivity index (χ3n) is 1.65. The first-order chi connectivity index (χ1) is 7.35. The van der Waals surface area contributed by atoms with Gasteiger partial charge in [0.25, 0.3) is 0 Å². The van der Waals surface area contributed by atoms with Crippen molar-refractivity contribution in [3.63, 3.8) is 0 Å². The van der Waals surface area contributed by atoms with Crippen LogP contribution >= 0.6 is 46.4 Å². The van der Waals surface area contributed by atoms with Gasteiger partial charge >= 0.3 is 0 Å². The molecule has 16 heavy (non-hydrogen) atoms. The number of nitrogens with one attached hydrogen (secondary N) is 1. The van der Waals surface area contributed by atoms with Crippen LogP contribution in [0.25, 0.3) is 0 Å². The summed E-state index contributed by atoms with van der Waals surface area (Å²) in [7, 11) is 0. The fourth-order valence-corrected chi connectivity index (χ4v) is 1.78. The lowest BCUT2D eigenvalue weighted by atomic mass is 10.4. The summed E-state index contributed by atoms with van der Waals surface area (Å²) in [5.74, 6) is -0.367. The molecule has 1 rings (SSSR count). The van der Waals surface area contributed by atoms with Gasteiger partial charge in [-0.2, -0.15) is 5.10 Å². The first-order valence-electron chi connectivity index (χ1n) is 4.13. The lowest BCUT2D eigenvalue weighted by Gasteiger charge is -2.29. The maximum atomic E-state index is 10.8. The van der Waals surface area contributed by atoms with Crippen LogP contribution in [0.3, 0.4) is 0 Å². The number of aromatic nitrogens is 3. The largest absolute Gasteiger partial charge is 0.337 e. The normalized spacial score (nSPS) is 15.6. The molecule has 0 fully saturated rings. The number of hydrogen-bond donors (Lipinski definition) is 1. The molecule has 1 N–H and O–H groups in total. The SMILES string of the molecule is CC(=O)NC(Cl)C(Cl)(Cl)C(Cl)n1cncn1. The third kappa shape index (κ3) is 3.13. The van der Waals surface area contributed by atoms with Crippen molar-refractivity contribution < 1.29 is 4.79 Å². The van der Waals surface area contributed by atoms with Gasteiger partial charge in [0.15, 0.2) is 9.83 Å². The summed E-state index contributed by atoms with van der Waals surface area (Å²) >= 11 is 23.8. The molecule has 0 radical (unpaired) electrons. The standard InChI is InChI=1S/C7H8Cl4N4O/c1-4(16)14-5(8)7(10,11)6(9)15-3-12-2-13-15/h2-3,5-6H,1H3,(H,14,16). The quantitative estimate of drug-likeness (QED) is 0.682. The summed E-state index contributed by atoms with van der Waals surface area (Å²) in [4.78, 5) is 14.5. The lowest BCUT2D eigenvalue weighted by molar-refractivity contribution is -0.119. The van der Waals surface area contributed by atoms with Gasteiger partial charge in [-0.15, -0.1) is 0 Å². The Morgan fingerprint density at radius 1 is 1.50 bits per heavy atom. The van der Waals surface area contributed by atoms with E-state index < -0.39 is 15.3 Å². The van der Waals surface area contributed by atoms with E-state index in [0.717, 1.165) is 0 Å². The Labute approximate surface area is 112 Å². The second-order valence-corrected chi connectivity index (χ2v) is 5.24. The number of halogens is 4. The highest BCUT2D eigenvalue weighted by Gasteiger charge is 2.43. The number of amides is 1. The van der Waals surface area contributed by atoms with Crippen LogP contribution in [0.5, 0.6) is 0 Å². The van der Waals surface area contributed by atoms with Gasteiger partial charge in [0.2, 0.25) is 5.91 Å². The number of carbonyl (C=O) groups is 1. The predicted molar refractivity (Wildman–Crippen MR) is 62.8 cm³/mol. The van der Waals surface area contributed by atoms with Crippen LogP contribution < -0.4 is 5.32 Å². The molecule has 1 amide bonds. The Hall–Kier alpha value is -0.230. The van der Waals surface area contributed by atoms with E-state index >= 15 is 0 Å². The smallest absolute Gasteiger partial charge is 0.218 e. The molecule has 0 spiro atoms. The second kappa shape index (κ2) is 5.40. The third-order valence-corrected chi connectivity index (χ3v) is 3.95. The lowest BCUT2D eigenvalue weighted by Crippen LogP contribution is -2.45. The zero-order valence-electron chi connectivity index (χ0n) is 8.07. The fourth-order valence-electron chi connectivity index (χ4n) is 0.906. The van der Waals surface area contributed by atoms with Gasteiger partial charge in [-0.05, 0) is 0 Å². The molecule has 1 aromatic rings.